The fraction of sp³-hybridized carbons (Fsp3) is 0.500. The first-order valence-corrected chi connectivity index (χ1v) is 8.37. The van der Waals surface area contributed by atoms with E-state index in [1.165, 1.54) is 25.9 Å². The summed E-state index contributed by atoms with van der Waals surface area (Å²) in [5, 5.41) is 3.71. The summed E-state index contributed by atoms with van der Waals surface area (Å²) >= 11 is 5.98. The minimum Gasteiger partial charge on any atom is -0.455 e. The highest BCUT2D eigenvalue weighted by molar-refractivity contribution is 6.31. The maximum Gasteiger partial charge on any atom is 0.303 e. The molecule has 1 N–H and O–H groups in total. The molecule has 1 aromatic heterocycles. The highest BCUT2D eigenvalue weighted by Gasteiger charge is 2.51. The lowest BCUT2D eigenvalue weighted by Gasteiger charge is -2.50. The molecule has 6 nitrogen and oxygen atoms in total. The van der Waals surface area contributed by atoms with Crippen LogP contribution < -0.4 is 5.32 Å². The number of fused-ring (bicyclic) bond motifs is 3. The van der Waals surface area contributed by atoms with Gasteiger partial charge in [0.15, 0.2) is 5.58 Å². The number of hydrogen-bond donors (Lipinski definition) is 1. The van der Waals surface area contributed by atoms with E-state index in [4.69, 9.17) is 20.8 Å². The predicted molar refractivity (Wildman–Crippen MR) is 87.9 cm³/mol. The summed E-state index contributed by atoms with van der Waals surface area (Å²) in [7, 11) is 0. The summed E-state index contributed by atoms with van der Waals surface area (Å²) in [5.74, 6) is 0.595. The van der Waals surface area contributed by atoms with Crippen molar-refractivity contribution < 1.29 is 9.15 Å². The molecule has 3 fully saturated rings. The van der Waals surface area contributed by atoms with E-state index in [-0.39, 0.29) is 5.60 Å². The fourth-order valence-corrected chi connectivity index (χ4v) is 4.16. The third-order valence-electron chi connectivity index (χ3n) is 5.18. The van der Waals surface area contributed by atoms with Crippen LogP contribution in [0, 0.1) is 5.92 Å². The Morgan fingerprint density at radius 2 is 2.17 bits per heavy atom. The van der Waals surface area contributed by atoms with E-state index in [0.717, 1.165) is 12.1 Å². The van der Waals surface area contributed by atoms with Gasteiger partial charge in [0.2, 0.25) is 0 Å². The van der Waals surface area contributed by atoms with Crippen LogP contribution in [0.4, 0.5) is 6.01 Å². The average molecular weight is 333 g/mol. The predicted octanol–water partition coefficient (Wildman–Crippen LogP) is 2.74. The largest absolute Gasteiger partial charge is 0.455 e. The Bertz CT molecular complexity index is 796. The summed E-state index contributed by atoms with van der Waals surface area (Å²) in [5.41, 5.74) is 1.25. The maximum absolute atomic E-state index is 6.22. The fourth-order valence-electron chi connectivity index (χ4n) is 3.99. The van der Waals surface area contributed by atoms with Gasteiger partial charge in [-0.05, 0) is 44.1 Å². The molecule has 0 aliphatic carbocycles. The van der Waals surface area contributed by atoms with Gasteiger partial charge in [0.1, 0.15) is 11.1 Å². The van der Waals surface area contributed by atoms with Crippen molar-refractivity contribution >= 4 is 34.7 Å². The van der Waals surface area contributed by atoms with Crippen molar-refractivity contribution in [2.75, 3.05) is 31.5 Å². The van der Waals surface area contributed by atoms with E-state index in [0.29, 0.717) is 35.1 Å². The summed E-state index contributed by atoms with van der Waals surface area (Å²) in [4.78, 5) is 11.4. The van der Waals surface area contributed by atoms with E-state index in [9.17, 15) is 0 Å². The van der Waals surface area contributed by atoms with Crippen LogP contribution in [0.25, 0.3) is 11.1 Å². The molecule has 3 saturated heterocycles. The minimum absolute atomic E-state index is 0.159. The Hall–Kier alpha value is -1.79. The van der Waals surface area contributed by atoms with E-state index in [1.54, 1.807) is 12.1 Å². The zero-order valence-corrected chi connectivity index (χ0v) is 13.3. The molecule has 1 aromatic carbocycles. The number of piperidine rings is 3. The van der Waals surface area contributed by atoms with Crippen molar-refractivity contribution in [3.05, 3.63) is 23.2 Å². The first-order chi connectivity index (χ1) is 11.2. The first-order valence-electron chi connectivity index (χ1n) is 7.99. The highest BCUT2D eigenvalue weighted by Crippen LogP contribution is 2.40. The molecule has 2 bridgehead atoms. The van der Waals surface area contributed by atoms with Gasteiger partial charge in [-0.2, -0.15) is 4.98 Å². The lowest BCUT2D eigenvalue weighted by Crippen LogP contribution is -2.61. The van der Waals surface area contributed by atoms with Crippen LogP contribution >= 0.6 is 11.6 Å². The second-order valence-corrected chi connectivity index (χ2v) is 7.03. The van der Waals surface area contributed by atoms with Crippen LogP contribution in [-0.4, -0.2) is 47.7 Å². The van der Waals surface area contributed by atoms with E-state index in [2.05, 4.69) is 20.2 Å². The Balaban J connectivity index is 1.35. The molecule has 6 rings (SSSR count). The van der Waals surface area contributed by atoms with E-state index >= 15 is 0 Å². The number of oxazole rings is 1. The topological polar surface area (TPSA) is 62.9 Å². The van der Waals surface area contributed by atoms with Crippen LogP contribution in [-0.2, 0) is 4.74 Å². The van der Waals surface area contributed by atoms with Crippen molar-refractivity contribution in [2.24, 2.45) is 10.9 Å². The SMILES string of the molecule is Clc1ccc2oc(NC3=NC[C@@]4(CN5CCC4CC5)O3)nc2c1. The second-order valence-electron chi connectivity index (χ2n) is 6.59. The van der Waals surface area contributed by atoms with Gasteiger partial charge in [-0.3, -0.25) is 10.2 Å². The van der Waals surface area contributed by atoms with Crippen LogP contribution in [0.1, 0.15) is 12.8 Å². The first kappa shape index (κ1) is 13.6. The van der Waals surface area contributed by atoms with Crippen LogP contribution in [0.5, 0.6) is 0 Å². The number of nitrogens with one attached hydrogen (secondary N) is 1. The van der Waals surface area contributed by atoms with Crippen molar-refractivity contribution in [3.63, 3.8) is 0 Å². The molecule has 0 amide bonds. The zero-order valence-electron chi connectivity index (χ0n) is 12.6. The molecule has 1 atom stereocenters. The average Bonchev–Trinajstić information content (AvgIpc) is 3.12. The molecule has 0 unspecified atom stereocenters. The smallest absolute Gasteiger partial charge is 0.303 e. The number of hydrogen-bond acceptors (Lipinski definition) is 6. The monoisotopic (exact) mass is 332 g/mol. The summed E-state index contributed by atoms with van der Waals surface area (Å²) in [6.45, 7) is 4.05. The summed E-state index contributed by atoms with van der Waals surface area (Å²) < 4.78 is 11.9. The number of ether oxygens (including phenoxy) is 1. The third kappa shape index (κ3) is 2.20. The molecular formula is C16H17ClN4O2. The number of benzene rings is 1. The number of halogens is 1. The number of anilines is 1. The van der Waals surface area contributed by atoms with Gasteiger partial charge in [-0.25, -0.2) is 4.99 Å². The van der Waals surface area contributed by atoms with Crippen LogP contribution in [0.15, 0.2) is 27.6 Å². The van der Waals surface area contributed by atoms with Crippen molar-refractivity contribution in [1.82, 2.24) is 9.88 Å². The van der Waals surface area contributed by atoms with Gasteiger partial charge in [-0.15, -0.1) is 0 Å². The number of nitrogens with zero attached hydrogens (tertiary/aromatic N) is 3. The summed E-state index contributed by atoms with van der Waals surface area (Å²) in [6, 6.07) is 6.26. The summed E-state index contributed by atoms with van der Waals surface area (Å²) in [6.07, 6.45) is 2.40. The molecule has 0 radical (unpaired) electrons. The molecule has 4 aliphatic rings. The molecule has 1 spiro atoms. The molecule has 5 heterocycles. The van der Waals surface area contributed by atoms with Gasteiger partial charge in [-0.1, -0.05) is 11.6 Å². The van der Waals surface area contributed by atoms with Crippen molar-refractivity contribution in [2.45, 2.75) is 18.4 Å². The lowest BCUT2D eigenvalue weighted by atomic mass is 9.75. The van der Waals surface area contributed by atoms with Gasteiger partial charge >= 0.3 is 6.01 Å². The van der Waals surface area contributed by atoms with Gasteiger partial charge in [0.05, 0.1) is 6.54 Å². The number of amidine groups is 1. The molecule has 2 aromatic rings. The number of rotatable bonds is 1. The molecule has 7 heteroatoms. The molecule has 0 saturated carbocycles. The third-order valence-corrected chi connectivity index (χ3v) is 5.41. The van der Waals surface area contributed by atoms with Gasteiger partial charge < -0.3 is 9.15 Å². The Kier molecular flexibility index (Phi) is 2.87. The number of aliphatic imine (C=N–C) groups is 1. The van der Waals surface area contributed by atoms with Crippen molar-refractivity contribution in [3.8, 4) is 0 Å². The second kappa shape index (κ2) is 4.85. The van der Waals surface area contributed by atoms with Crippen molar-refractivity contribution in [1.29, 1.82) is 0 Å². The lowest BCUT2D eigenvalue weighted by molar-refractivity contribution is -0.0829. The van der Waals surface area contributed by atoms with Crippen LogP contribution in [0.2, 0.25) is 5.02 Å². The quantitative estimate of drug-likeness (QED) is 0.870. The Morgan fingerprint density at radius 1 is 1.30 bits per heavy atom. The van der Waals surface area contributed by atoms with Crippen LogP contribution in [0.3, 0.4) is 0 Å². The normalized spacial score (nSPS) is 32.3. The standard InChI is InChI=1S/C16H17ClN4O2/c17-11-1-2-13-12(7-11)19-15(22-13)20-14-18-8-16(23-14)9-21-5-3-10(16)4-6-21/h1-2,7,10H,3-6,8-9H2,(H,18,19,20)/t16-/m0/s1. The minimum atomic E-state index is -0.159. The van der Waals surface area contributed by atoms with E-state index < -0.39 is 0 Å². The molecule has 4 aliphatic heterocycles. The molecular weight excluding hydrogens is 316 g/mol. The zero-order chi connectivity index (χ0) is 15.4. The highest BCUT2D eigenvalue weighted by atomic mass is 35.5. The molecule has 23 heavy (non-hydrogen) atoms. The Labute approximate surface area is 138 Å². The van der Waals surface area contributed by atoms with E-state index in [1.807, 2.05) is 6.07 Å². The Morgan fingerprint density at radius 3 is 2.96 bits per heavy atom. The number of aromatic nitrogens is 1. The maximum atomic E-state index is 6.22. The molecule has 120 valence electrons. The van der Waals surface area contributed by atoms with Gasteiger partial charge in [0, 0.05) is 17.5 Å². The van der Waals surface area contributed by atoms with Gasteiger partial charge in [0.25, 0.3) is 6.02 Å².